The second-order valence-electron chi connectivity index (χ2n) is 7.31. The average molecular weight is 411 g/mol. The largest absolute Gasteiger partial charge is 0.465 e. The molecule has 0 bridgehead atoms. The number of nitrogens with one attached hydrogen (secondary N) is 2. The number of carboxylic acid groups (broad SMARTS) is 1. The molecule has 2 atom stereocenters. The third-order valence-electron chi connectivity index (χ3n) is 5.19. The summed E-state index contributed by atoms with van der Waals surface area (Å²) in [5, 5.41) is 23.2. The Balaban J connectivity index is 1.95. The maximum atomic E-state index is 12.2. The van der Waals surface area contributed by atoms with E-state index in [0.29, 0.717) is 17.7 Å². The predicted octanol–water partition coefficient (Wildman–Crippen LogP) is 2.53. The van der Waals surface area contributed by atoms with Crippen LogP contribution in [0.4, 0.5) is 10.5 Å². The monoisotopic (exact) mass is 411 g/mol. The fourth-order valence-corrected chi connectivity index (χ4v) is 3.89. The number of carbonyl (C=O) groups excluding carboxylic acids is 2. The van der Waals surface area contributed by atoms with Gasteiger partial charge in [-0.15, -0.1) is 0 Å². The molecule has 1 aliphatic heterocycles. The summed E-state index contributed by atoms with van der Waals surface area (Å²) < 4.78 is 0. The first-order valence-electron chi connectivity index (χ1n) is 9.74. The van der Waals surface area contributed by atoms with Gasteiger partial charge in [-0.2, -0.15) is 0 Å². The summed E-state index contributed by atoms with van der Waals surface area (Å²) in [6.45, 7) is 3.46. The van der Waals surface area contributed by atoms with Crippen molar-refractivity contribution in [3.05, 3.63) is 53.6 Å². The SMILES string of the molecule is CC(=O)N1c2ccc(-c3ccc(C(=O)NCCO)cc3)cc2[C@H](NC(=O)O)C[C@@H]1C. The van der Waals surface area contributed by atoms with E-state index in [1.807, 2.05) is 37.3 Å². The zero-order valence-corrected chi connectivity index (χ0v) is 16.9. The Hall–Kier alpha value is -3.39. The molecule has 0 radical (unpaired) electrons. The van der Waals surface area contributed by atoms with Crippen LogP contribution in [-0.2, 0) is 4.79 Å². The van der Waals surface area contributed by atoms with Crippen LogP contribution in [0.5, 0.6) is 0 Å². The molecular formula is C22H25N3O5. The molecule has 2 aromatic rings. The summed E-state index contributed by atoms with van der Waals surface area (Å²) in [5.41, 5.74) is 3.63. The minimum atomic E-state index is -1.11. The maximum absolute atomic E-state index is 12.2. The summed E-state index contributed by atoms with van der Waals surface area (Å²) in [4.78, 5) is 37.1. The second kappa shape index (κ2) is 8.96. The Kier molecular flexibility index (Phi) is 6.37. The molecule has 0 aliphatic carbocycles. The van der Waals surface area contributed by atoms with E-state index in [1.165, 1.54) is 6.92 Å². The molecule has 8 heteroatoms. The van der Waals surface area contributed by atoms with Crippen molar-refractivity contribution in [1.82, 2.24) is 10.6 Å². The third kappa shape index (κ3) is 4.44. The number of aliphatic hydroxyl groups is 1. The highest BCUT2D eigenvalue weighted by atomic mass is 16.4. The van der Waals surface area contributed by atoms with E-state index in [-0.39, 0.29) is 31.0 Å². The molecule has 0 fully saturated rings. The van der Waals surface area contributed by atoms with E-state index in [1.54, 1.807) is 17.0 Å². The number of anilines is 1. The quantitative estimate of drug-likeness (QED) is 0.603. The normalized spacial score (nSPS) is 17.8. The Morgan fingerprint density at radius 3 is 2.37 bits per heavy atom. The van der Waals surface area contributed by atoms with Crippen LogP contribution in [0.3, 0.4) is 0 Å². The molecule has 3 rings (SSSR count). The fourth-order valence-electron chi connectivity index (χ4n) is 3.89. The number of rotatable bonds is 5. The van der Waals surface area contributed by atoms with Gasteiger partial charge in [-0.3, -0.25) is 9.59 Å². The first kappa shape index (κ1) is 21.3. The van der Waals surface area contributed by atoms with Crippen LogP contribution in [0.2, 0.25) is 0 Å². The van der Waals surface area contributed by atoms with Gasteiger partial charge in [0.2, 0.25) is 5.91 Å². The zero-order valence-electron chi connectivity index (χ0n) is 16.9. The molecule has 2 aromatic carbocycles. The van der Waals surface area contributed by atoms with E-state index in [4.69, 9.17) is 5.11 Å². The number of amides is 3. The number of carbonyl (C=O) groups is 3. The Labute approximate surface area is 174 Å². The number of hydrogen-bond acceptors (Lipinski definition) is 4. The van der Waals surface area contributed by atoms with Gasteiger partial charge in [0.1, 0.15) is 0 Å². The third-order valence-corrected chi connectivity index (χ3v) is 5.19. The molecule has 8 nitrogen and oxygen atoms in total. The molecule has 0 aromatic heterocycles. The topological polar surface area (TPSA) is 119 Å². The van der Waals surface area contributed by atoms with E-state index in [9.17, 15) is 19.5 Å². The summed E-state index contributed by atoms with van der Waals surface area (Å²) >= 11 is 0. The van der Waals surface area contributed by atoms with Gasteiger partial charge in [0.05, 0.1) is 12.6 Å². The highest BCUT2D eigenvalue weighted by Gasteiger charge is 2.33. The number of nitrogens with zero attached hydrogens (tertiary/aromatic N) is 1. The Bertz CT molecular complexity index is 958. The van der Waals surface area contributed by atoms with Crippen molar-refractivity contribution in [1.29, 1.82) is 0 Å². The number of aliphatic hydroxyl groups excluding tert-OH is 1. The summed E-state index contributed by atoms with van der Waals surface area (Å²) in [6.07, 6.45) is -0.634. The summed E-state index contributed by atoms with van der Waals surface area (Å²) in [5.74, 6) is -0.360. The van der Waals surface area contributed by atoms with Gasteiger partial charge >= 0.3 is 6.09 Å². The molecular weight excluding hydrogens is 386 g/mol. The van der Waals surface area contributed by atoms with Crippen molar-refractivity contribution in [2.45, 2.75) is 32.4 Å². The number of benzene rings is 2. The lowest BCUT2D eigenvalue weighted by atomic mass is 9.89. The molecule has 0 saturated carbocycles. The van der Waals surface area contributed by atoms with Crippen LogP contribution >= 0.6 is 0 Å². The van der Waals surface area contributed by atoms with Crippen LogP contribution in [0.25, 0.3) is 11.1 Å². The van der Waals surface area contributed by atoms with Crippen LogP contribution in [0, 0.1) is 0 Å². The minimum Gasteiger partial charge on any atom is -0.465 e. The predicted molar refractivity (Wildman–Crippen MR) is 112 cm³/mol. The van der Waals surface area contributed by atoms with Crippen molar-refractivity contribution in [3.63, 3.8) is 0 Å². The highest BCUT2D eigenvalue weighted by Crippen LogP contribution is 2.39. The lowest BCUT2D eigenvalue weighted by Gasteiger charge is -2.39. The van der Waals surface area contributed by atoms with Crippen LogP contribution in [0.15, 0.2) is 42.5 Å². The molecule has 30 heavy (non-hydrogen) atoms. The second-order valence-corrected chi connectivity index (χ2v) is 7.31. The van der Waals surface area contributed by atoms with E-state index >= 15 is 0 Å². The number of fused-ring (bicyclic) bond motifs is 1. The molecule has 1 heterocycles. The van der Waals surface area contributed by atoms with Crippen molar-refractivity contribution in [2.24, 2.45) is 0 Å². The Morgan fingerprint density at radius 2 is 1.77 bits per heavy atom. The smallest absolute Gasteiger partial charge is 0.405 e. The first-order chi connectivity index (χ1) is 14.3. The average Bonchev–Trinajstić information content (AvgIpc) is 2.71. The Morgan fingerprint density at radius 1 is 1.10 bits per heavy atom. The summed E-state index contributed by atoms with van der Waals surface area (Å²) in [7, 11) is 0. The standard InChI is InChI=1S/C22H25N3O5/c1-13-11-19(24-22(29)30)18-12-17(7-8-20(18)25(13)14(2)27)15-3-5-16(6-4-15)21(28)23-9-10-26/h3-8,12-13,19,24,26H,9-11H2,1-2H3,(H,23,28)(H,29,30)/t13-,19+/m0/s1. The van der Waals surface area contributed by atoms with Crippen LogP contribution in [0.1, 0.15) is 42.2 Å². The van der Waals surface area contributed by atoms with Gasteiger partial charge in [-0.1, -0.05) is 18.2 Å². The van der Waals surface area contributed by atoms with Gasteiger partial charge in [-0.25, -0.2) is 4.79 Å². The van der Waals surface area contributed by atoms with Crippen molar-refractivity contribution in [3.8, 4) is 11.1 Å². The minimum absolute atomic E-state index is 0.0940. The lowest BCUT2D eigenvalue weighted by Crippen LogP contribution is -2.45. The first-order valence-corrected chi connectivity index (χ1v) is 9.74. The zero-order chi connectivity index (χ0) is 21.8. The molecule has 1 aliphatic rings. The van der Waals surface area contributed by atoms with E-state index in [0.717, 1.165) is 16.7 Å². The van der Waals surface area contributed by atoms with E-state index < -0.39 is 12.1 Å². The number of hydrogen-bond donors (Lipinski definition) is 4. The van der Waals surface area contributed by atoms with Crippen molar-refractivity contribution >= 4 is 23.6 Å². The molecule has 0 unspecified atom stereocenters. The molecule has 0 spiro atoms. The van der Waals surface area contributed by atoms with Gasteiger partial charge in [0.25, 0.3) is 5.91 Å². The molecule has 4 N–H and O–H groups in total. The lowest BCUT2D eigenvalue weighted by molar-refractivity contribution is -0.117. The highest BCUT2D eigenvalue weighted by molar-refractivity contribution is 5.95. The van der Waals surface area contributed by atoms with Crippen molar-refractivity contribution < 1.29 is 24.6 Å². The molecule has 3 amide bonds. The maximum Gasteiger partial charge on any atom is 0.405 e. The molecule has 158 valence electrons. The van der Waals surface area contributed by atoms with E-state index in [2.05, 4.69) is 10.6 Å². The van der Waals surface area contributed by atoms with Gasteiger partial charge in [0.15, 0.2) is 0 Å². The van der Waals surface area contributed by atoms with Crippen LogP contribution in [-0.4, -0.2) is 47.3 Å². The van der Waals surface area contributed by atoms with Gasteiger partial charge < -0.3 is 25.7 Å². The fraction of sp³-hybridized carbons (Fsp3) is 0.318. The molecule has 0 saturated heterocycles. The summed E-state index contributed by atoms with van der Waals surface area (Å²) in [6, 6.07) is 12.1. The van der Waals surface area contributed by atoms with Gasteiger partial charge in [0, 0.05) is 30.8 Å². The van der Waals surface area contributed by atoms with Gasteiger partial charge in [-0.05, 0) is 54.3 Å². The van der Waals surface area contributed by atoms with Crippen molar-refractivity contribution in [2.75, 3.05) is 18.1 Å². The van der Waals surface area contributed by atoms with Crippen LogP contribution < -0.4 is 15.5 Å².